The van der Waals surface area contributed by atoms with E-state index in [4.69, 9.17) is 0 Å². The average molecular weight is 339 g/mol. The van der Waals surface area contributed by atoms with Crippen LogP contribution in [0.2, 0.25) is 0 Å². The molecule has 2 amide bonds. The molecule has 0 aliphatic carbocycles. The van der Waals surface area contributed by atoms with Crippen molar-refractivity contribution in [1.82, 2.24) is 15.6 Å². The molecule has 0 bridgehead atoms. The summed E-state index contributed by atoms with van der Waals surface area (Å²) < 4.78 is 41.1. The van der Waals surface area contributed by atoms with E-state index < -0.39 is 36.6 Å². The Hall–Kier alpha value is -2.17. The van der Waals surface area contributed by atoms with Crippen LogP contribution in [0, 0.1) is 0 Å². The number of thiazole rings is 1. The summed E-state index contributed by atoms with van der Waals surface area (Å²) in [6.07, 6.45) is -3.65. The molecule has 122 valence electrons. The van der Waals surface area contributed by atoms with Gasteiger partial charge in [-0.25, -0.2) is 4.98 Å². The number of amides is 2. The summed E-state index contributed by atoms with van der Waals surface area (Å²) in [5.74, 6) is -4.01. The normalized spacial score (nSPS) is 12.4. The molecule has 0 saturated heterocycles. The van der Waals surface area contributed by atoms with Gasteiger partial charge >= 0.3 is 18.1 Å². The Morgan fingerprint density at radius 1 is 1.41 bits per heavy atom. The van der Waals surface area contributed by atoms with E-state index in [1.165, 1.54) is 22.9 Å². The number of ether oxygens (including phenoxy) is 1. The number of hydrogen-bond donors (Lipinski definition) is 2. The van der Waals surface area contributed by atoms with Gasteiger partial charge in [-0.3, -0.25) is 14.4 Å². The lowest BCUT2D eigenvalue weighted by molar-refractivity contribution is -0.175. The molecule has 1 aromatic rings. The van der Waals surface area contributed by atoms with Crippen LogP contribution in [-0.2, 0) is 25.7 Å². The zero-order chi connectivity index (χ0) is 16.8. The maximum Gasteiger partial charge on any atom is 0.471 e. The van der Waals surface area contributed by atoms with Crippen LogP contribution in [0.15, 0.2) is 11.6 Å². The Labute approximate surface area is 126 Å². The Bertz CT molecular complexity index is 533. The number of hydrogen-bond acceptors (Lipinski definition) is 6. The number of halogens is 3. The summed E-state index contributed by atoms with van der Waals surface area (Å²) in [5, 5.41) is 5.96. The van der Waals surface area contributed by atoms with E-state index in [0.717, 1.165) is 6.92 Å². The van der Waals surface area contributed by atoms with Crippen molar-refractivity contribution in [3.63, 3.8) is 0 Å². The molecule has 1 aromatic heterocycles. The van der Waals surface area contributed by atoms with E-state index in [1.54, 1.807) is 5.38 Å². The number of nitrogens with one attached hydrogen (secondary N) is 2. The van der Waals surface area contributed by atoms with E-state index in [9.17, 15) is 27.6 Å². The largest absolute Gasteiger partial charge is 0.471 e. The molecule has 1 rings (SSSR count). The first-order valence-corrected chi connectivity index (χ1v) is 6.75. The third kappa shape index (κ3) is 6.08. The SMILES string of the molecule is CC(=O)OC[C@H](NC(=O)C(F)(F)F)C(=O)NCc1nccs1. The molecular formula is C11H12F3N3O4S. The van der Waals surface area contributed by atoms with Gasteiger partial charge in [0.05, 0.1) is 6.54 Å². The van der Waals surface area contributed by atoms with Crippen molar-refractivity contribution >= 4 is 29.1 Å². The van der Waals surface area contributed by atoms with E-state index in [-0.39, 0.29) is 6.54 Å². The van der Waals surface area contributed by atoms with Crippen LogP contribution in [-0.4, -0.2) is 41.6 Å². The molecule has 2 N–H and O–H groups in total. The van der Waals surface area contributed by atoms with Gasteiger partial charge in [0.1, 0.15) is 17.7 Å². The highest BCUT2D eigenvalue weighted by Gasteiger charge is 2.41. The smallest absolute Gasteiger partial charge is 0.463 e. The minimum Gasteiger partial charge on any atom is -0.463 e. The number of carbonyl (C=O) groups excluding carboxylic acids is 3. The van der Waals surface area contributed by atoms with Crippen LogP contribution in [0.25, 0.3) is 0 Å². The van der Waals surface area contributed by atoms with E-state index in [2.05, 4.69) is 15.0 Å². The Kier molecular flexibility index (Phi) is 6.28. The first kappa shape index (κ1) is 17.9. The molecule has 0 aliphatic rings. The predicted octanol–water partition coefficient (Wildman–Crippen LogP) is 0.370. The summed E-state index contributed by atoms with van der Waals surface area (Å²) in [6.45, 7) is 0.298. The predicted molar refractivity (Wildman–Crippen MR) is 68.6 cm³/mol. The standard InChI is InChI=1S/C11H12F3N3O4S/c1-6(18)21-5-7(17-10(20)11(12,13)14)9(19)16-4-8-15-2-3-22-8/h2-3,7H,4-5H2,1H3,(H,16,19)(H,17,20)/t7-/m0/s1. The molecule has 0 unspecified atom stereocenters. The van der Waals surface area contributed by atoms with Gasteiger partial charge in [-0.1, -0.05) is 0 Å². The summed E-state index contributed by atoms with van der Waals surface area (Å²) in [7, 11) is 0. The first-order valence-electron chi connectivity index (χ1n) is 5.87. The molecule has 0 radical (unpaired) electrons. The van der Waals surface area contributed by atoms with Crippen molar-refractivity contribution in [1.29, 1.82) is 0 Å². The van der Waals surface area contributed by atoms with Gasteiger partial charge in [0.2, 0.25) is 5.91 Å². The third-order valence-electron chi connectivity index (χ3n) is 2.23. The topological polar surface area (TPSA) is 97.4 Å². The van der Waals surface area contributed by atoms with Crippen molar-refractivity contribution in [2.75, 3.05) is 6.61 Å². The molecule has 1 atom stereocenters. The lowest BCUT2D eigenvalue weighted by Gasteiger charge is -2.18. The average Bonchev–Trinajstić information content (AvgIpc) is 2.92. The second-order valence-corrected chi connectivity index (χ2v) is 4.95. The lowest BCUT2D eigenvalue weighted by Crippen LogP contribution is -2.52. The summed E-state index contributed by atoms with van der Waals surface area (Å²) >= 11 is 1.23. The zero-order valence-corrected chi connectivity index (χ0v) is 12.1. The van der Waals surface area contributed by atoms with Gasteiger partial charge in [-0.05, 0) is 0 Å². The van der Waals surface area contributed by atoms with Crippen molar-refractivity contribution in [2.24, 2.45) is 0 Å². The fourth-order valence-corrected chi connectivity index (χ4v) is 1.81. The molecule has 0 spiro atoms. The molecular weight excluding hydrogens is 327 g/mol. The first-order chi connectivity index (χ1) is 10.2. The van der Waals surface area contributed by atoms with Gasteiger partial charge in [-0.15, -0.1) is 11.3 Å². The molecule has 0 saturated carbocycles. The summed E-state index contributed by atoms with van der Waals surface area (Å²) in [6, 6.07) is -1.65. The molecule has 22 heavy (non-hydrogen) atoms. The minimum atomic E-state index is -5.15. The van der Waals surface area contributed by atoms with Crippen LogP contribution in [0.4, 0.5) is 13.2 Å². The van der Waals surface area contributed by atoms with E-state index in [1.807, 2.05) is 0 Å². The van der Waals surface area contributed by atoms with Gasteiger partial charge in [0.15, 0.2) is 0 Å². The highest BCUT2D eigenvalue weighted by atomic mass is 32.1. The number of rotatable bonds is 6. The third-order valence-corrected chi connectivity index (χ3v) is 3.01. The van der Waals surface area contributed by atoms with Gasteiger partial charge in [0, 0.05) is 18.5 Å². The number of esters is 1. The monoisotopic (exact) mass is 339 g/mol. The molecule has 0 aliphatic heterocycles. The Morgan fingerprint density at radius 3 is 2.59 bits per heavy atom. The van der Waals surface area contributed by atoms with Crippen molar-refractivity contribution in [3.05, 3.63) is 16.6 Å². The zero-order valence-electron chi connectivity index (χ0n) is 11.3. The minimum absolute atomic E-state index is 0.0189. The fraction of sp³-hybridized carbons (Fsp3) is 0.455. The number of aromatic nitrogens is 1. The fourth-order valence-electron chi connectivity index (χ4n) is 1.25. The molecule has 11 heteroatoms. The van der Waals surface area contributed by atoms with Crippen LogP contribution in [0.3, 0.4) is 0 Å². The molecule has 0 aromatic carbocycles. The Balaban J connectivity index is 2.64. The quantitative estimate of drug-likeness (QED) is 0.730. The van der Waals surface area contributed by atoms with Crippen molar-refractivity contribution in [2.45, 2.75) is 25.7 Å². The van der Waals surface area contributed by atoms with Crippen molar-refractivity contribution < 1.29 is 32.3 Å². The second kappa shape index (κ2) is 7.73. The highest BCUT2D eigenvalue weighted by molar-refractivity contribution is 7.09. The van der Waals surface area contributed by atoms with Gasteiger partial charge < -0.3 is 15.4 Å². The van der Waals surface area contributed by atoms with E-state index >= 15 is 0 Å². The summed E-state index contributed by atoms with van der Waals surface area (Å²) in [5.41, 5.74) is 0. The van der Waals surface area contributed by atoms with Crippen LogP contribution >= 0.6 is 11.3 Å². The Morgan fingerprint density at radius 2 is 2.09 bits per heavy atom. The van der Waals surface area contributed by atoms with E-state index in [0.29, 0.717) is 5.01 Å². The van der Waals surface area contributed by atoms with Gasteiger partial charge in [0.25, 0.3) is 0 Å². The maximum absolute atomic E-state index is 12.2. The van der Waals surface area contributed by atoms with Crippen LogP contribution in [0.5, 0.6) is 0 Å². The van der Waals surface area contributed by atoms with Crippen molar-refractivity contribution in [3.8, 4) is 0 Å². The summed E-state index contributed by atoms with van der Waals surface area (Å²) in [4.78, 5) is 37.3. The molecule has 7 nitrogen and oxygen atoms in total. The maximum atomic E-state index is 12.2. The van der Waals surface area contributed by atoms with Crippen LogP contribution < -0.4 is 10.6 Å². The molecule has 0 fully saturated rings. The number of nitrogens with zero attached hydrogens (tertiary/aromatic N) is 1. The highest BCUT2D eigenvalue weighted by Crippen LogP contribution is 2.14. The van der Waals surface area contributed by atoms with Crippen LogP contribution in [0.1, 0.15) is 11.9 Å². The molecule has 1 heterocycles. The lowest BCUT2D eigenvalue weighted by atomic mass is 10.2. The number of alkyl halides is 3. The second-order valence-electron chi connectivity index (χ2n) is 3.97. The van der Waals surface area contributed by atoms with Gasteiger partial charge in [-0.2, -0.15) is 13.2 Å². The number of carbonyl (C=O) groups is 3.